The van der Waals surface area contributed by atoms with Gasteiger partial charge < -0.3 is 5.32 Å². The van der Waals surface area contributed by atoms with Crippen LogP contribution in [0.1, 0.15) is 6.42 Å². The Morgan fingerprint density at radius 3 is 2.24 bits per heavy atom. The summed E-state index contributed by atoms with van der Waals surface area (Å²) < 4.78 is 23.9. The molecule has 1 aromatic rings. The molecule has 96 valence electrons. The molecule has 0 radical (unpaired) electrons. The molecule has 0 saturated carbocycles. The van der Waals surface area contributed by atoms with Crippen molar-refractivity contribution < 1.29 is 8.42 Å². The van der Waals surface area contributed by atoms with Gasteiger partial charge >= 0.3 is 0 Å². The molecule has 0 atom stereocenters. The van der Waals surface area contributed by atoms with Gasteiger partial charge in [-0.05, 0) is 29.6 Å². The zero-order chi connectivity index (χ0) is 12.9. The van der Waals surface area contributed by atoms with Gasteiger partial charge in [-0.1, -0.05) is 0 Å². The number of rotatable bonds is 6. The van der Waals surface area contributed by atoms with Crippen LogP contribution in [-0.2, 0) is 10.0 Å². The lowest BCUT2D eigenvalue weighted by molar-refractivity contribution is 0.586. The SMILES string of the molecule is CS(=O)(=O)NCCCNc1nc(Cl)nc(Cl)n1. The van der Waals surface area contributed by atoms with E-state index in [2.05, 4.69) is 25.0 Å². The van der Waals surface area contributed by atoms with Crippen LogP contribution in [0.15, 0.2) is 0 Å². The molecule has 0 bridgehead atoms. The fourth-order valence-corrected chi connectivity index (χ4v) is 1.83. The summed E-state index contributed by atoms with van der Waals surface area (Å²) in [6.07, 6.45) is 1.68. The Morgan fingerprint density at radius 1 is 1.12 bits per heavy atom. The topological polar surface area (TPSA) is 96.9 Å². The summed E-state index contributed by atoms with van der Waals surface area (Å²) >= 11 is 11.1. The van der Waals surface area contributed by atoms with Gasteiger partial charge in [-0.2, -0.15) is 15.0 Å². The fourth-order valence-electron chi connectivity index (χ4n) is 0.951. The number of sulfonamides is 1. The van der Waals surface area contributed by atoms with Crippen molar-refractivity contribution in [2.75, 3.05) is 24.7 Å². The highest BCUT2D eigenvalue weighted by molar-refractivity contribution is 7.88. The van der Waals surface area contributed by atoms with E-state index in [1.54, 1.807) is 0 Å². The monoisotopic (exact) mass is 299 g/mol. The van der Waals surface area contributed by atoms with Crippen LogP contribution in [0, 0.1) is 0 Å². The third kappa shape index (κ3) is 6.57. The molecule has 0 aliphatic carbocycles. The first-order valence-corrected chi connectivity index (χ1v) is 7.27. The molecule has 0 aromatic carbocycles. The molecule has 0 aliphatic heterocycles. The molecule has 10 heteroatoms. The van der Waals surface area contributed by atoms with Crippen LogP contribution in [0.4, 0.5) is 5.95 Å². The van der Waals surface area contributed by atoms with Gasteiger partial charge in [0.25, 0.3) is 0 Å². The maximum Gasteiger partial charge on any atom is 0.228 e. The van der Waals surface area contributed by atoms with Crippen molar-refractivity contribution in [2.45, 2.75) is 6.42 Å². The van der Waals surface area contributed by atoms with E-state index in [4.69, 9.17) is 23.2 Å². The third-order valence-electron chi connectivity index (χ3n) is 1.58. The highest BCUT2D eigenvalue weighted by Crippen LogP contribution is 2.09. The molecule has 1 heterocycles. The number of nitrogens with one attached hydrogen (secondary N) is 2. The summed E-state index contributed by atoms with van der Waals surface area (Å²) in [5.41, 5.74) is 0. The predicted molar refractivity (Wildman–Crippen MR) is 65.8 cm³/mol. The van der Waals surface area contributed by atoms with Crippen molar-refractivity contribution in [1.29, 1.82) is 0 Å². The van der Waals surface area contributed by atoms with Gasteiger partial charge in [-0.3, -0.25) is 0 Å². The second-order valence-electron chi connectivity index (χ2n) is 3.14. The Morgan fingerprint density at radius 2 is 1.71 bits per heavy atom. The molecule has 0 saturated heterocycles. The summed E-state index contributed by atoms with van der Waals surface area (Å²) in [7, 11) is -3.14. The Balaban J connectivity index is 2.31. The van der Waals surface area contributed by atoms with E-state index in [9.17, 15) is 8.42 Å². The van der Waals surface area contributed by atoms with Crippen molar-refractivity contribution in [3.05, 3.63) is 10.6 Å². The summed E-state index contributed by atoms with van der Waals surface area (Å²) in [6.45, 7) is 0.817. The normalized spacial score (nSPS) is 11.5. The molecule has 1 rings (SSSR count). The van der Waals surface area contributed by atoms with Gasteiger partial charge in [0.05, 0.1) is 6.26 Å². The summed E-state index contributed by atoms with van der Waals surface area (Å²) in [5.74, 6) is 0.259. The number of hydrogen-bond donors (Lipinski definition) is 2. The minimum atomic E-state index is -3.14. The van der Waals surface area contributed by atoms with Gasteiger partial charge in [-0.15, -0.1) is 0 Å². The van der Waals surface area contributed by atoms with E-state index in [1.807, 2.05) is 0 Å². The molecule has 0 amide bonds. The first-order valence-electron chi connectivity index (χ1n) is 4.62. The van der Waals surface area contributed by atoms with Crippen molar-refractivity contribution in [1.82, 2.24) is 19.7 Å². The third-order valence-corrected chi connectivity index (χ3v) is 2.65. The molecule has 0 aliphatic rings. The van der Waals surface area contributed by atoms with Crippen LogP contribution < -0.4 is 10.0 Å². The number of halogens is 2. The standard InChI is InChI=1S/C7H11Cl2N5O2S/c1-17(15,16)11-4-2-3-10-7-13-5(8)12-6(9)14-7/h11H,2-4H2,1H3,(H,10,12,13,14). The number of anilines is 1. The van der Waals surface area contributed by atoms with Crippen LogP contribution in [-0.4, -0.2) is 42.7 Å². The Labute approximate surface area is 109 Å². The maximum absolute atomic E-state index is 10.8. The molecule has 17 heavy (non-hydrogen) atoms. The molecular formula is C7H11Cl2N5O2S. The Hall–Kier alpha value is -0.700. The van der Waals surface area contributed by atoms with E-state index in [-0.39, 0.29) is 16.5 Å². The number of hydrogen-bond acceptors (Lipinski definition) is 6. The molecule has 7 nitrogen and oxygen atoms in total. The second-order valence-corrected chi connectivity index (χ2v) is 5.65. The van der Waals surface area contributed by atoms with E-state index in [0.717, 1.165) is 6.26 Å². The average molecular weight is 300 g/mol. The van der Waals surface area contributed by atoms with Crippen molar-refractivity contribution >= 4 is 39.2 Å². The highest BCUT2D eigenvalue weighted by atomic mass is 35.5. The molecule has 0 unspecified atom stereocenters. The van der Waals surface area contributed by atoms with Crippen LogP contribution in [0.5, 0.6) is 0 Å². The largest absolute Gasteiger partial charge is 0.354 e. The molecular weight excluding hydrogens is 289 g/mol. The lowest BCUT2D eigenvalue weighted by atomic mass is 10.4. The average Bonchev–Trinajstić information content (AvgIpc) is 2.13. The van der Waals surface area contributed by atoms with Gasteiger partial charge in [0.15, 0.2) is 0 Å². The van der Waals surface area contributed by atoms with E-state index < -0.39 is 10.0 Å². The number of aromatic nitrogens is 3. The Bertz CT molecular complexity index is 461. The first kappa shape index (κ1) is 14.4. The van der Waals surface area contributed by atoms with E-state index >= 15 is 0 Å². The van der Waals surface area contributed by atoms with Crippen LogP contribution >= 0.6 is 23.2 Å². The molecule has 1 aromatic heterocycles. The quantitative estimate of drug-likeness (QED) is 0.744. The van der Waals surface area contributed by atoms with Crippen molar-refractivity contribution in [3.63, 3.8) is 0 Å². The molecule has 0 fully saturated rings. The second kappa shape index (κ2) is 6.29. The van der Waals surface area contributed by atoms with Gasteiger partial charge in [-0.25, -0.2) is 13.1 Å². The molecule has 0 spiro atoms. The first-order chi connectivity index (χ1) is 7.87. The zero-order valence-electron chi connectivity index (χ0n) is 8.94. The summed E-state index contributed by atoms with van der Waals surface area (Å²) in [4.78, 5) is 11.2. The zero-order valence-corrected chi connectivity index (χ0v) is 11.3. The maximum atomic E-state index is 10.8. The summed E-state index contributed by atoms with van der Waals surface area (Å²) in [5, 5.41) is 2.85. The van der Waals surface area contributed by atoms with Crippen molar-refractivity contribution in [3.8, 4) is 0 Å². The van der Waals surface area contributed by atoms with Gasteiger partial charge in [0, 0.05) is 13.1 Å². The highest BCUT2D eigenvalue weighted by Gasteiger charge is 2.02. The van der Waals surface area contributed by atoms with E-state index in [0.29, 0.717) is 19.5 Å². The minimum Gasteiger partial charge on any atom is -0.354 e. The van der Waals surface area contributed by atoms with Crippen LogP contribution in [0.2, 0.25) is 10.6 Å². The smallest absolute Gasteiger partial charge is 0.228 e. The lowest BCUT2D eigenvalue weighted by Crippen LogP contribution is -2.24. The van der Waals surface area contributed by atoms with Gasteiger partial charge in [0.2, 0.25) is 26.5 Å². The number of nitrogens with zero attached hydrogens (tertiary/aromatic N) is 3. The fraction of sp³-hybridized carbons (Fsp3) is 0.571. The predicted octanol–water partition coefficient (Wildman–Crippen LogP) is 0.530. The van der Waals surface area contributed by atoms with Crippen LogP contribution in [0.25, 0.3) is 0 Å². The van der Waals surface area contributed by atoms with Gasteiger partial charge in [0.1, 0.15) is 0 Å². The van der Waals surface area contributed by atoms with Crippen LogP contribution in [0.3, 0.4) is 0 Å². The summed E-state index contributed by atoms with van der Waals surface area (Å²) in [6, 6.07) is 0. The molecule has 2 N–H and O–H groups in total. The Kier molecular flexibility index (Phi) is 5.31. The van der Waals surface area contributed by atoms with Crippen molar-refractivity contribution in [2.24, 2.45) is 0 Å². The lowest BCUT2D eigenvalue weighted by Gasteiger charge is -2.05. The van der Waals surface area contributed by atoms with E-state index in [1.165, 1.54) is 0 Å². The minimum absolute atomic E-state index is 0.00163.